The van der Waals surface area contributed by atoms with Gasteiger partial charge in [-0.15, -0.1) is 0 Å². The highest BCUT2D eigenvalue weighted by Crippen LogP contribution is 2.29. The summed E-state index contributed by atoms with van der Waals surface area (Å²) in [6.45, 7) is 4.13. The summed E-state index contributed by atoms with van der Waals surface area (Å²) in [7, 11) is 1.67. The van der Waals surface area contributed by atoms with Crippen LogP contribution in [0.3, 0.4) is 0 Å². The van der Waals surface area contributed by atoms with Gasteiger partial charge in [0.05, 0.1) is 7.11 Å². The molecule has 134 valence electrons. The number of nitrogens with zero attached hydrogens (tertiary/aromatic N) is 1. The van der Waals surface area contributed by atoms with Crippen molar-refractivity contribution in [3.8, 4) is 11.5 Å². The Hall–Kier alpha value is -2.85. The van der Waals surface area contributed by atoms with Crippen molar-refractivity contribution in [1.82, 2.24) is 10.3 Å². The van der Waals surface area contributed by atoms with Gasteiger partial charge in [0.15, 0.2) is 11.5 Å². The lowest BCUT2D eigenvalue weighted by molar-refractivity contribution is 0.284. The summed E-state index contributed by atoms with van der Waals surface area (Å²) in [6, 6.07) is 18.4. The molecule has 0 amide bonds. The van der Waals surface area contributed by atoms with E-state index in [2.05, 4.69) is 53.6 Å². The van der Waals surface area contributed by atoms with Crippen LogP contribution in [0.4, 0.5) is 0 Å². The molecule has 0 bridgehead atoms. The van der Waals surface area contributed by atoms with Crippen LogP contribution >= 0.6 is 0 Å². The minimum atomic E-state index is 0.523. The van der Waals surface area contributed by atoms with E-state index in [1.165, 1.54) is 5.56 Å². The number of methoxy groups -OCH3 is 1. The third-order valence-corrected chi connectivity index (χ3v) is 4.12. The molecule has 0 unspecified atom stereocenters. The molecule has 0 spiro atoms. The molecule has 0 atom stereocenters. The van der Waals surface area contributed by atoms with Gasteiger partial charge < -0.3 is 14.8 Å². The number of aromatic nitrogens is 1. The summed E-state index contributed by atoms with van der Waals surface area (Å²) >= 11 is 0. The van der Waals surface area contributed by atoms with Gasteiger partial charge in [0.25, 0.3) is 0 Å². The fourth-order valence-electron chi connectivity index (χ4n) is 2.64. The maximum absolute atomic E-state index is 5.93. The monoisotopic (exact) mass is 348 g/mol. The lowest BCUT2D eigenvalue weighted by Gasteiger charge is -2.13. The molecule has 3 aromatic rings. The fourth-order valence-corrected chi connectivity index (χ4v) is 2.64. The lowest BCUT2D eigenvalue weighted by Crippen LogP contribution is -2.12. The van der Waals surface area contributed by atoms with Gasteiger partial charge in [-0.3, -0.25) is 4.98 Å². The molecule has 0 fully saturated rings. The minimum absolute atomic E-state index is 0.523. The number of hydrogen-bond donors (Lipinski definition) is 1. The largest absolute Gasteiger partial charge is 0.493 e. The number of ether oxygens (including phenoxy) is 2. The fraction of sp³-hybridized carbons (Fsp3) is 0.227. The lowest BCUT2D eigenvalue weighted by atomic mass is 10.1. The number of pyridine rings is 1. The van der Waals surface area contributed by atoms with Crippen LogP contribution in [0.15, 0.2) is 67.0 Å². The second-order valence-corrected chi connectivity index (χ2v) is 6.22. The molecule has 2 aromatic carbocycles. The van der Waals surface area contributed by atoms with E-state index in [0.717, 1.165) is 41.3 Å². The second kappa shape index (κ2) is 9.02. The van der Waals surface area contributed by atoms with Crippen molar-refractivity contribution in [2.75, 3.05) is 7.11 Å². The highest BCUT2D eigenvalue weighted by molar-refractivity contribution is 5.43. The molecule has 0 aliphatic heterocycles. The van der Waals surface area contributed by atoms with Crippen LogP contribution < -0.4 is 14.8 Å². The van der Waals surface area contributed by atoms with Gasteiger partial charge in [0, 0.05) is 25.5 Å². The van der Waals surface area contributed by atoms with Crippen LogP contribution in [0, 0.1) is 6.92 Å². The smallest absolute Gasteiger partial charge is 0.161 e. The number of hydrogen-bond acceptors (Lipinski definition) is 4. The van der Waals surface area contributed by atoms with Gasteiger partial charge >= 0.3 is 0 Å². The molecule has 0 aliphatic rings. The first-order valence-corrected chi connectivity index (χ1v) is 8.69. The molecular weight excluding hydrogens is 324 g/mol. The van der Waals surface area contributed by atoms with E-state index in [1.54, 1.807) is 13.3 Å². The first-order valence-electron chi connectivity index (χ1n) is 8.69. The SMILES string of the molecule is COc1cc(CNCc2cccnc2)ccc1OCc1ccc(C)cc1. The first kappa shape index (κ1) is 18.0. The van der Waals surface area contributed by atoms with Crippen LogP contribution in [-0.4, -0.2) is 12.1 Å². The maximum atomic E-state index is 5.93. The zero-order chi connectivity index (χ0) is 18.2. The molecular formula is C22H24N2O2. The normalized spacial score (nSPS) is 10.5. The summed E-state index contributed by atoms with van der Waals surface area (Å²) in [5, 5.41) is 3.42. The number of rotatable bonds is 8. The molecule has 1 heterocycles. The number of aryl methyl sites for hydroxylation is 1. The van der Waals surface area contributed by atoms with Crippen molar-refractivity contribution >= 4 is 0 Å². The van der Waals surface area contributed by atoms with E-state index in [0.29, 0.717) is 6.61 Å². The summed E-state index contributed by atoms with van der Waals surface area (Å²) in [5.74, 6) is 1.50. The molecule has 0 radical (unpaired) electrons. The highest BCUT2D eigenvalue weighted by Gasteiger charge is 2.06. The summed E-state index contributed by atoms with van der Waals surface area (Å²) < 4.78 is 11.4. The third-order valence-electron chi connectivity index (χ3n) is 4.12. The van der Waals surface area contributed by atoms with E-state index in [1.807, 2.05) is 24.4 Å². The molecule has 4 nitrogen and oxygen atoms in total. The van der Waals surface area contributed by atoms with Crippen molar-refractivity contribution in [1.29, 1.82) is 0 Å². The average Bonchev–Trinajstić information content (AvgIpc) is 2.69. The van der Waals surface area contributed by atoms with Crippen LogP contribution in [-0.2, 0) is 19.7 Å². The topological polar surface area (TPSA) is 43.4 Å². The highest BCUT2D eigenvalue weighted by atomic mass is 16.5. The molecule has 1 N–H and O–H groups in total. The quantitative estimate of drug-likeness (QED) is 0.660. The predicted molar refractivity (Wildman–Crippen MR) is 103 cm³/mol. The van der Waals surface area contributed by atoms with Crippen molar-refractivity contribution in [2.45, 2.75) is 26.6 Å². The molecule has 3 rings (SSSR count). The van der Waals surface area contributed by atoms with E-state index in [-0.39, 0.29) is 0 Å². The van der Waals surface area contributed by atoms with E-state index in [9.17, 15) is 0 Å². The third kappa shape index (κ3) is 5.07. The van der Waals surface area contributed by atoms with Crippen LogP contribution in [0.5, 0.6) is 11.5 Å². The van der Waals surface area contributed by atoms with Crippen molar-refractivity contribution in [3.05, 3.63) is 89.2 Å². The van der Waals surface area contributed by atoms with Gasteiger partial charge in [0.2, 0.25) is 0 Å². The Labute approximate surface area is 154 Å². The Morgan fingerprint density at radius 3 is 2.38 bits per heavy atom. The molecule has 0 aliphatic carbocycles. The Balaban J connectivity index is 1.57. The standard InChI is InChI=1S/C22H24N2O2/c1-17-5-7-18(8-6-17)16-26-21-10-9-19(12-22(21)25-2)13-24-15-20-4-3-11-23-14-20/h3-12,14,24H,13,15-16H2,1-2H3. The number of nitrogens with one attached hydrogen (secondary N) is 1. The molecule has 26 heavy (non-hydrogen) atoms. The summed E-state index contributed by atoms with van der Waals surface area (Å²) in [4.78, 5) is 4.12. The summed E-state index contributed by atoms with van der Waals surface area (Å²) in [6.07, 6.45) is 3.65. The molecule has 0 saturated heterocycles. The Morgan fingerprint density at radius 2 is 1.65 bits per heavy atom. The average molecular weight is 348 g/mol. The van der Waals surface area contributed by atoms with Gasteiger partial charge in [-0.25, -0.2) is 0 Å². The van der Waals surface area contributed by atoms with Crippen molar-refractivity contribution in [3.63, 3.8) is 0 Å². The Kier molecular flexibility index (Phi) is 6.23. The van der Waals surface area contributed by atoms with Crippen molar-refractivity contribution < 1.29 is 9.47 Å². The molecule has 4 heteroatoms. The molecule has 1 aromatic heterocycles. The van der Waals surface area contributed by atoms with E-state index in [4.69, 9.17) is 9.47 Å². The van der Waals surface area contributed by atoms with Crippen molar-refractivity contribution in [2.24, 2.45) is 0 Å². The number of benzene rings is 2. The van der Waals surface area contributed by atoms with Gasteiger partial charge in [-0.2, -0.15) is 0 Å². The predicted octanol–water partition coefficient (Wildman–Crippen LogP) is 4.27. The van der Waals surface area contributed by atoms with Gasteiger partial charge in [-0.05, 0) is 41.8 Å². The Bertz CT molecular complexity index is 817. The van der Waals surface area contributed by atoms with Crippen LogP contribution in [0.25, 0.3) is 0 Å². The van der Waals surface area contributed by atoms with Gasteiger partial charge in [0.1, 0.15) is 6.61 Å². The minimum Gasteiger partial charge on any atom is -0.493 e. The second-order valence-electron chi connectivity index (χ2n) is 6.22. The molecule has 0 saturated carbocycles. The zero-order valence-corrected chi connectivity index (χ0v) is 15.2. The van der Waals surface area contributed by atoms with E-state index >= 15 is 0 Å². The first-order chi connectivity index (χ1) is 12.7. The zero-order valence-electron chi connectivity index (χ0n) is 15.2. The maximum Gasteiger partial charge on any atom is 0.161 e. The van der Waals surface area contributed by atoms with E-state index < -0.39 is 0 Å². The van der Waals surface area contributed by atoms with Crippen LogP contribution in [0.1, 0.15) is 22.3 Å². The van der Waals surface area contributed by atoms with Gasteiger partial charge in [-0.1, -0.05) is 42.0 Å². The van der Waals surface area contributed by atoms with Crippen LogP contribution in [0.2, 0.25) is 0 Å². The Morgan fingerprint density at radius 1 is 0.885 bits per heavy atom. The summed E-state index contributed by atoms with van der Waals surface area (Å²) in [5.41, 5.74) is 4.69.